The highest BCUT2D eigenvalue weighted by atomic mass is 35.5. The van der Waals surface area contributed by atoms with Crippen molar-refractivity contribution >= 4 is 40.9 Å². The first-order valence-electron chi connectivity index (χ1n) is 7.17. The van der Waals surface area contributed by atoms with Crippen molar-refractivity contribution in [2.75, 3.05) is 34.4 Å². The van der Waals surface area contributed by atoms with E-state index in [0.717, 1.165) is 17.4 Å². The van der Waals surface area contributed by atoms with Crippen molar-refractivity contribution < 1.29 is 14.3 Å². The highest BCUT2D eigenvalue weighted by Crippen LogP contribution is 2.35. The number of hydrogen-bond donors (Lipinski definition) is 0. The lowest BCUT2D eigenvalue weighted by Crippen LogP contribution is -2.21. The largest absolute Gasteiger partial charge is 0.491 e. The van der Waals surface area contributed by atoms with E-state index in [1.165, 1.54) is 7.11 Å². The molecule has 0 spiro atoms. The zero-order chi connectivity index (χ0) is 16.3. The number of rotatable bonds is 6. The predicted molar refractivity (Wildman–Crippen MR) is 95.3 cm³/mol. The summed E-state index contributed by atoms with van der Waals surface area (Å²) in [4.78, 5) is 14.3. The molecule has 0 N–H and O–H groups in total. The van der Waals surface area contributed by atoms with E-state index >= 15 is 0 Å². The van der Waals surface area contributed by atoms with Crippen LogP contribution in [0.3, 0.4) is 0 Å². The minimum Gasteiger partial charge on any atom is -0.491 e. The highest BCUT2D eigenvalue weighted by molar-refractivity contribution is 6.31. The standard InChI is InChI=1S/C16H21ClN2O3.ClH/c1-5-22-15-12-10-11(17)6-7-13(12)19(9-8-18(2)3)14(15)16(20)21-4;/h6-7,10H,5,8-9H2,1-4H3;1H. The average Bonchev–Trinajstić information content (AvgIpc) is 2.78. The van der Waals surface area contributed by atoms with Crippen molar-refractivity contribution in [1.82, 2.24) is 9.47 Å². The second kappa shape index (κ2) is 8.43. The van der Waals surface area contributed by atoms with Gasteiger partial charge in [0.25, 0.3) is 0 Å². The second-order valence-electron chi connectivity index (χ2n) is 5.22. The maximum atomic E-state index is 12.3. The molecule has 0 bridgehead atoms. The van der Waals surface area contributed by atoms with E-state index in [2.05, 4.69) is 4.90 Å². The highest BCUT2D eigenvalue weighted by Gasteiger charge is 2.25. The van der Waals surface area contributed by atoms with Crippen LogP contribution in [0.25, 0.3) is 10.9 Å². The monoisotopic (exact) mass is 360 g/mol. The smallest absolute Gasteiger partial charge is 0.358 e. The normalized spacial score (nSPS) is 10.7. The van der Waals surface area contributed by atoms with E-state index in [0.29, 0.717) is 29.6 Å². The van der Waals surface area contributed by atoms with Crippen LogP contribution in [-0.4, -0.2) is 49.8 Å². The van der Waals surface area contributed by atoms with Gasteiger partial charge < -0.3 is 18.9 Å². The molecule has 0 unspecified atom stereocenters. The first-order valence-corrected chi connectivity index (χ1v) is 7.55. The number of fused-ring (bicyclic) bond motifs is 1. The van der Waals surface area contributed by atoms with Crippen LogP contribution in [0.5, 0.6) is 5.75 Å². The molecule has 7 heteroatoms. The molecular formula is C16H22Cl2N2O3. The van der Waals surface area contributed by atoms with Gasteiger partial charge in [0.1, 0.15) is 0 Å². The van der Waals surface area contributed by atoms with Crippen LogP contribution in [0.2, 0.25) is 5.02 Å². The number of benzene rings is 1. The zero-order valence-electron chi connectivity index (χ0n) is 13.8. The van der Waals surface area contributed by atoms with Gasteiger partial charge in [-0.2, -0.15) is 0 Å². The van der Waals surface area contributed by atoms with Crippen LogP contribution in [0.1, 0.15) is 17.4 Å². The summed E-state index contributed by atoms with van der Waals surface area (Å²) in [5.74, 6) is 0.125. The summed E-state index contributed by atoms with van der Waals surface area (Å²) >= 11 is 6.10. The first kappa shape index (κ1) is 19.6. The Bertz CT molecular complexity index is 684. The van der Waals surface area contributed by atoms with Crippen LogP contribution < -0.4 is 4.74 Å². The molecular weight excluding hydrogens is 339 g/mol. The molecule has 1 aromatic carbocycles. The van der Waals surface area contributed by atoms with Crippen LogP contribution in [0, 0.1) is 0 Å². The van der Waals surface area contributed by atoms with E-state index in [-0.39, 0.29) is 12.4 Å². The molecule has 0 aliphatic heterocycles. The maximum Gasteiger partial charge on any atom is 0.358 e. The molecule has 128 valence electrons. The molecule has 2 rings (SSSR count). The van der Waals surface area contributed by atoms with Crippen LogP contribution in [-0.2, 0) is 11.3 Å². The molecule has 0 saturated carbocycles. The van der Waals surface area contributed by atoms with Gasteiger partial charge in [0, 0.05) is 23.5 Å². The number of hydrogen-bond acceptors (Lipinski definition) is 4. The van der Waals surface area contributed by atoms with E-state index < -0.39 is 5.97 Å². The maximum absolute atomic E-state index is 12.3. The van der Waals surface area contributed by atoms with E-state index in [4.69, 9.17) is 21.1 Å². The third-order valence-electron chi connectivity index (χ3n) is 3.42. The fourth-order valence-electron chi connectivity index (χ4n) is 2.42. The molecule has 0 aliphatic carbocycles. The van der Waals surface area contributed by atoms with Crippen molar-refractivity contribution in [3.8, 4) is 5.75 Å². The van der Waals surface area contributed by atoms with Gasteiger partial charge in [0.2, 0.25) is 0 Å². The molecule has 0 saturated heterocycles. The van der Waals surface area contributed by atoms with Gasteiger partial charge in [-0.1, -0.05) is 11.6 Å². The summed E-state index contributed by atoms with van der Waals surface area (Å²) < 4.78 is 12.6. The number of halogens is 2. The van der Waals surface area contributed by atoms with Crippen molar-refractivity contribution in [3.63, 3.8) is 0 Å². The number of esters is 1. The van der Waals surface area contributed by atoms with E-state index in [9.17, 15) is 4.79 Å². The molecule has 2 aromatic rings. The Morgan fingerprint density at radius 3 is 2.61 bits per heavy atom. The van der Waals surface area contributed by atoms with Crippen molar-refractivity contribution in [3.05, 3.63) is 28.9 Å². The molecule has 1 heterocycles. The predicted octanol–water partition coefficient (Wildman–Crippen LogP) is 3.46. The van der Waals surface area contributed by atoms with Gasteiger partial charge in [-0.3, -0.25) is 0 Å². The lowest BCUT2D eigenvalue weighted by molar-refractivity contribution is 0.0583. The molecule has 0 aliphatic rings. The molecule has 0 atom stereocenters. The van der Waals surface area contributed by atoms with Crippen LogP contribution in [0.15, 0.2) is 18.2 Å². The third kappa shape index (κ3) is 4.10. The lowest BCUT2D eigenvalue weighted by atomic mass is 10.2. The number of ether oxygens (including phenoxy) is 2. The average molecular weight is 361 g/mol. The molecule has 23 heavy (non-hydrogen) atoms. The van der Waals surface area contributed by atoms with Crippen molar-refractivity contribution in [2.24, 2.45) is 0 Å². The quantitative estimate of drug-likeness (QED) is 0.739. The topological polar surface area (TPSA) is 43.7 Å². The Morgan fingerprint density at radius 1 is 1.35 bits per heavy atom. The summed E-state index contributed by atoms with van der Waals surface area (Å²) in [5.41, 5.74) is 1.35. The Morgan fingerprint density at radius 2 is 2.04 bits per heavy atom. The fourth-order valence-corrected chi connectivity index (χ4v) is 2.59. The molecule has 0 amide bonds. The number of carbonyl (C=O) groups is 1. The fraction of sp³-hybridized carbons (Fsp3) is 0.438. The molecule has 1 aromatic heterocycles. The van der Waals surface area contributed by atoms with Gasteiger partial charge in [-0.25, -0.2) is 4.79 Å². The molecule has 0 fully saturated rings. The van der Waals surface area contributed by atoms with Crippen LogP contribution in [0.4, 0.5) is 0 Å². The summed E-state index contributed by atoms with van der Waals surface area (Å²) in [7, 11) is 5.35. The summed E-state index contributed by atoms with van der Waals surface area (Å²) in [6, 6.07) is 5.54. The first-order chi connectivity index (χ1) is 10.5. The Labute approximate surface area is 147 Å². The number of carbonyl (C=O) groups excluding carboxylic acids is 1. The second-order valence-corrected chi connectivity index (χ2v) is 5.66. The summed E-state index contributed by atoms with van der Waals surface area (Å²) in [5, 5.41) is 1.43. The summed E-state index contributed by atoms with van der Waals surface area (Å²) in [6.07, 6.45) is 0. The Kier molecular flexibility index (Phi) is 7.19. The van der Waals surface area contributed by atoms with Crippen LogP contribution >= 0.6 is 24.0 Å². The SMILES string of the molecule is CCOc1c(C(=O)OC)n(CCN(C)C)c2ccc(Cl)cc12.Cl. The zero-order valence-corrected chi connectivity index (χ0v) is 15.3. The van der Waals surface area contributed by atoms with Gasteiger partial charge >= 0.3 is 5.97 Å². The minimum atomic E-state index is -0.408. The third-order valence-corrected chi connectivity index (χ3v) is 3.65. The number of likely N-dealkylation sites (N-methyl/N-ethyl adjacent to an activating group) is 1. The number of aromatic nitrogens is 1. The van der Waals surface area contributed by atoms with Gasteiger partial charge in [-0.05, 0) is 39.2 Å². The Hall–Kier alpha value is -1.43. The van der Waals surface area contributed by atoms with Crippen molar-refractivity contribution in [1.29, 1.82) is 0 Å². The molecule has 5 nitrogen and oxygen atoms in total. The van der Waals surface area contributed by atoms with E-state index in [1.807, 2.05) is 43.8 Å². The van der Waals surface area contributed by atoms with Gasteiger partial charge in [0.15, 0.2) is 11.4 Å². The lowest BCUT2D eigenvalue weighted by Gasteiger charge is -2.14. The van der Waals surface area contributed by atoms with Gasteiger partial charge in [-0.15, -0.1) is 12.4 Å². The molecule has 0 radical (unpaired) electrons. The number of methoxy groups -OCH3 is 1. The Balaban J connectivity index is 0.00000264. The minimum absolute atomic E-state index is 0. The number of nitrogens with zero attached hydrogens (tertiary/aromatic N) is 2. The van der Waals surface area contributed by atoms with Crippen molar-refractivity contribution in [2.45, 2.75) is 13.5 Å². The van der Waals surface area contributed by atoms with E-state index in [1.54, 1.807) is 0 Å². The van der Waals surface area contributed by atoms with Gasteiger partial charge in [0.05, 0.1) is 19.2 Å². The summed E-state index contributed by atoms with van der Waals surface area (Å²) in [6.45, 7) is 3.79.